The Bertz CT molecular complexity index is 714. The molecule has 7 nitrogen and oxygen atoms in total. The number of carbonyl (C=O) groups is 3. The standard InChI is InChI=1S/C18H23N3O4/c1-18(2,21-8-7-19-17(21)24)11-25-16(23)10-12-3-5-14-13(9-12)4-6-15(22)20-14/h3,5,9H,4,6-8,10-11H2,1-2H3,(H,19,24)(H,20,22). The first-order valence-corrected chi connectivity index (χ1v) is 8.48. The Kier molecular flexibility index (Phi) is 4.65. The van der Waals surface area contributed by atoms with E-state index in [9.17, 15) is 14.4 Å². The Labute approximate surface area is 146 Å². The van der Waals surface area contributed by atoms with Gasteiger partial charge in [0, 0.05) is 25.2 Å². The zero-order valence-electron chi connectivity index (χ0n) is 14.6. The lowest BCUT2D eigenvalue weighted by molar-refractivity contribution is -0.146. The number of rotatable bonds is 5. The Morgan fingerprint density at radius 1 is 1.28 bits per heavy atom. The molecule has 0 radical (unpaired) electrons. The number of fused-ring (bicyclic) bond motifs is 1. The molecule has 7 heteroatoms. The van der Waals surface area contributed by atoms with Crippen molar-refractivity contribution in [3.63, 3.8) is 0 Å². The second kappa shape index (κ2) is 6.74. The highest BCUT2D eigenvalue weighted by Gasteiger charge is 2.35. The number of ether oxygens (including phenoxy) is 1. The zero-order valence-corrected chi connectivity index (χ0v) is 14.6. The highest BCUT2D eigenvalue weighted by atomic mass is 16.5. The van der Waals surface area contributed by atoms with Crippen LogP contribution in [-0.2, 0) is 27.2 Å². The van der Waals surface area contributed by atoms with E-state index in [4.69, 9.17) is 4.74 Å². The molecule has 134 valence electrons. The predicted molar refractivity (Wildman–Crippen MR) is 92.2 cm³/mol. The minimum absolute atomic E-state index is 0.0211. The molecule has 1 aromatic rings. The van der Waals surface area contributed by atoms with Crippen LogP contribution < -0.4 is 10.6 Å². The molecule has 25 heavy (non-hydrogen) atoms. The summed E-state index contributed by atoms with van der Waals surface area (Å²) in [4.78, 5) is 37.0. The molecule has 1 aromatic carbocycles. The molecular formula is C18H23N3O4. The summed E-state index contributed by atoms with van der Waals surface area (Å²) in [5, 5.41) is 5.57. The summed E-state index contributed by atoms with van der Waals surface area (Å²) in [7, 11) is 0. The molecule has 1 saturated heterocycles. The van der Waals surface area contributed by atoms with E-state index in [1.165, 1.54) is 0 Å². The van der Waals surface area contributed by atoms with Gasteiger partial charge in [-0.05, 0) is 37.5 Å². The average Bonchev–Trinajstić information content (AvgIpc) is 3.00. The molecule has 0 spiro atoms. The molecule has 3 amide bonds. The highest BCUT2D eigenvalue weighted by molar-refractivity contribution is 5.94. The van der Waals surface area contributed by atoms with Crippen LogP contribution >= 0.6 is 0 Å². The van der Waals surface area contributed by atoms with Crippen molar-refractivity contribution < 1.29 is 19.1 Å². The van der Waals surface area contributed by atoms with Gasteiger partial charge in [-0.1, -0.05) is 12.1 Å². The number of urea groups is 1. The van der Waals surface area contributed by atoms with E-state index in [-0.39, 0.29) is 30.9 Å². The van der Waals surface area contributed by atoms with Crippen LogP contribution in [0.5, 0.6) is 0 Å². The normalized spacial score (nSPS) is 17.0. The molecule has 2 heterocycles. The molecule has 1 fully saturated rings. The summed E-state index contributed by atoms with van der Waals surface area (Å²) in [6.45, 7) is 5.14. The number of benzene rings is 1. The number of anilines is 1. The van der Waals surface area contributed by atoms with Gasteiger partial charge in [0.05, 0.1) is 12.0 Å². The van der Waals surface area contributed by atoms with Gasteiger partial charge in [0.25, 0.3) is 0 Å². The van der Waals surface area contributed by atoms with Gasteiger partial charge >= 0.3 is 12.0 Å². The van der Waals surface area contributed by atoms with Crippen LogP contribution in [0, 0.1) is 0 Å². The molecule has 2 aliphatic rings. The van der Waals surface area contributed by atoms with Gasteiger partial charge in [0.2, 0.25) is 5.91 Å². The molecular weight excluding hydrogens is 322 g/mol. The van der Waals surface area contributed by atoms with Crippen molar-refractivity contribution in [2.45, 2.75) is 38.6 Å². The van der Waals surface area contributed by atoms with Crippen LogP contribution in [-0.4, -0.2) is 48.0 Å². The monoisotopic (exact) mass is 345 g/mol. The topological polar surface area (TPSA) is 87.7 Å². The van der Waals surface area contributed by atoms with Gasteiger partial charge in [-0.15, -0.1) is 0 Å². The van der Waals surface area contributed by atoms with Gasteiger partial charge in [0.1, 0.15) is 6.61 Å². The molecule has 0 unspecified atom stereocenters. The second-order valence-electron chi connectivity index (χ2n) is 7.07. The quantitative estimate of drug-likeness (QED) is 0.791. The first-order valence-electron chi connectivity index (χ1n) is 8.48. The van der Waals surface area contributed by atoms with Gasteiger partial charge in [-0.2, -0.15) is 0 Å². The van der Waals surface area contributed by atoms with Crippen molar-refractivity contribution in [1.29, 1.82) is 0 Å². The van der Waals surface area contributed by atoms with Crippen molar-refractivity contribution in [2.75, 3.05) is 25.0 Å². The van der Waals surface area contributed by atoms with Gasteiger partial charge in [-0.25, -0.2) is 4.79 Å². The van der Waals surface area contributed by atoms with E-state index in [1.54, 1.807) is 4.90 Å². The van der Waals surface area contributed by atoms with Crippen molar-refractivity contribution in [3.05, 3.63) is 29.3 Å². The van der Waals surface area contributed by atoms with Crippen LogP contribution in [0.4, 0.5) is 10.5 Å². The van der Waals surface area contributed by atoms with E-state index in [0.717, 1.165) is 16.8 Å². The minimum atomic E-state index is -0.545. The molecule has 2 aliphatic heterocycles. The molecule has 0 atom stereocenters. The summed E-state index contributed by atoms with van der Waals surface area (Å²) in [6, 6.07) is 5.46. The predicted octanol–water partition coefficient (Wildman–Crippen LogP) is 1.46. The van der Waals surface area contributed by atoms with E-state index in [1.807, 2.05) is 32.0 Å². The Hall–Kier alpha value is -2.57. The fourth-order valence-corrected chi connectivity index (χ4v) is 3.15. The number of hydrogen-bond acceptors (Lipinski definition) is 4. The number of nitrogens with one attached hydrogen (secondary N) is 2. The Morgan fingerprint density at radius 2 is 2.08 bits per heavy atom. The molecule has 0 aliphatic carbocycles. The summed E-state index contributed by atoms with van der Waals surface area (Å²) in [6.07, 6.45) is 1.32. The lowest BCUT2D eigenvalue weighted by Crippen LogP contribution is -2.49. The molecule has 3 rings (SSSR count). The van der Waals surface area contributed by atoms with Gasteiger partial charge in [-0.3, -0.25) is 9.59 Å². The summed E-state index contributed by atoms with van der Waals surface area (Å²) in [5.74, 6) is -0.305. The number of aryl methyl sites for hydroxylation is 1. The van der Waals surface area contributed by atoms with E-state index >= 15 is 0 Å². The third kappa shape index (κ3) is 3.92. The van der Waals surface area contributed by atoms with Gasteiger partial charge < -0.3 is 20.3 Å². The average molecular weight is 345 g/mol. The second-order valence-corrected chi connectivity index (χ2v) is 7.07. The summed E-state index contributed by atoms with van der Waals surface area (Å²) in [5.41, 5.74) is 2.17. The third-order valence-corrected chi connectivity index (χ3v) is 4.59. The van der Waals surface area contributed by atoms with Crippen molar-refractivity contribution in [2.24, 2.45) is 0 Å². The maximum Gasteiger partial charge on any atom is 0.318 e. The minimum Gasteiger partial charge on any atom is -0.463 e. The fraction of sp³-hybridized carbons (Fsp3) is 0.500. The van der Waals surface area contributed by atoms with Crippen molar-refractivity contribution >= 4 is 23.6 Å². The molecule has 0 aromatic heterocycles. The fourth-order valence-electron chi connectivity index (χ4n) is 3.15. The first-order chi connectivity index (χ1) is 11.8. The summed E-state index contributed by atoms with van der Waals surface area (Å²) < 4.78 is 5.40. The molecule has 2 N–H and O–H groups in total. The van der Waals surface area contributed by atoms with Crippen LogP contribution in [0.1, 0.15) is 31.4 Å². The van der Waals surface area contributed by atoms with Crippen molar-refractivity contribution in [3.8, 4) is 0 Å². The van der Waals surface area contributed by atoms with Crippen LogP contribution in [0.3, 0.4) is 0 Å². The van der Waals surface area contributed by atoms with Gasteiger partial charge in [0.15, 0.2) is 0 Å². The molecule has 0 bridgehead atoms. The SMILES string of the molecule is CC(C)(COC(=O)Cc1ccc2c(c1)CCC(=O)N2)N1CCNC1=O. The lowest BCUT2D eigenvalue weighted by Gasteiger charge is -2.33. The lowest BCUT2D eigenvalue weighted by atomic mass is 9.99. The largest absolute Gasteiger partial charge is 0.463 e. The molecule has 0 saturated carbocycles. The van der Waals surface area contributed by atoms with E-state index in [2.05, 4.69) is 10.6 Å². The third-order valence-electron chi connectivity index (χ3n) is 4.59. The smallest absolute Gasteiger partial charge is 0.318 e. The van der Waals surface area contributed by atoms with Crippen LogP contribution in [0.25, 0.3) is 0 Å². The van der Waals surface area contributed by atoms with E-state index in [0.29, 0.717) is 25.9 Å². The Morgan fingerprint density at radius 3 is 2.80 bits per heavy atom. The van der Waals surface area contributed by atoms with E-state index < -0.39 is 5.54 Å². The van der Waals surface area contributed by atoms with Crippen LogP contribution in [0.2, 0.25) is 0 Å². The van der Waals surface area contributed by atoms with Crippen LogP contribution in [0.15, 0.2) is 18.2 Å². The first kappa shape index (κ1) is 17.3. The Balaban J connectivity index is 1.56. The number of esters is 1. The maximum atomic E-state index is 12.2. The summed E-state index contributed by atoms with van der Waals surface area (Å²) >= 11 is 0. The number of nitrogens with zero attached hydrogens (tertiary/aromatic N) is 1. The number of carbonyl (C=O) groups excluding carboxylic acids is 3. The zero-order chi connectivity index (χ0) is 18.0. The highest BCUT2D eigenvalue weighted by Crippen LogP contribution is 2.24. The number of hydrogen-bond donors (Lipinski definition) is 2. The van der Waals surface area contributed by atoms with Crippen molar-refractivity contribution in [1.82, 2.24) is 10.2 Å². The number of amides is 3. The maximum absolute atomic E-state index is 12.2.